The van der Waals surface area contributed by atoms with Crippen LogP contribution in [0.3, 0.4) is 0 Å². The first kappa shape index (κ1) is 28.4. The van der Waals surface area contributed by atoms with Gasteiger partial charge in [0.2, 0.25) is 0 Å². The van der Waals surface area contributed by atoms with Gasteiger partial charge in [0.15, 0.2) is 4.80 Å². The molecule has 1 atom stereocenters. The minimum Gasteiger partial charge on any atom is -0.494 e. The lowest BCUT2D eigenvalue weighted by Gasteiger charge is -2.31. The average molecular weight is 594 g/mol. The predicted molar refractivity (Wildman–Crippen MR) is 168 cm³/mol. The van der Waals surface area contributed by atoms with Crippen molar-refractivity contribution in [3.05, 3.63) is 136 Å². The highest BCUT2D eigenvalue weighted by atomic mass is 32.1. The summed E-state index contributed by atoms with van der Waals surface area (Å²) < 4.78 is 13.6. The third-order valence-corrected chi connectivity index (χ3v) is 8.56. The van der Waals surface area contributed by atoms with Gasteiger partial charge in [0.1, 0.15) is 11.5 Å². The molecule has 0 saturated heterocycles. The standard InChI is InChI=1S/C34H31N3O5S/c1-3-41-27-16-10-22(11-17-27)20-25-6-5-7-29-31(25)35-34-36(32(29)24-12-18-28(19-13-24)42-4-2)33(38)30(43-34)21-23-8-14-26(15-9-23)37(39)40/h8-21,32H,3-7H2,1-2H3/b25-20+,30-21+/t32-/m1/s1. The van der Waals surface area contributed by atoms with Gasteiger partial charge in [0.25, 0.3) is 11.2 Å². The van der Waals surface area contributed by atoms with Crippen LogP contribution in [0.1, 0.15) is 55.8 Å². The van der Waals surface area contributed by atoms with E-state index in [1.807, 2.05) is 50.2 Å². The minimum absolute atomic E-state index is 0.00799. The van der Waals surface area contributed by atoms with Crippen LogP contribution in [-0.2, 0) is 0 Å². The number of fused-ring (bicyclic) bond motifs is 1. The summed E-state index contributed by atoms with van der Waals surface area (Å²) in [6.45, 7) is 5.12. The Kier molecular flexibility index (Phi) is 8.07. The van der Waals surface area contributed by atoms with Gasteiger partial charge in [-0.1, -0.05) is 35.6 Å². The molecular weight excluding hydrogens is 562 g/mol. The van der Waals surface area contributed by atoms with Crippen molar-refractivity contribution in [2.75, 3.05) is 13.2 Å². The second kappa shape index (κ2) is 12.2. The summed E-state index contributed by atoms with van der Waals surface area (Å²) in [6.07, 6.45) is 6.65. The van der Waals surface area contributed by atoms with Crippen molar-refractivity contribution in [3.8, 4) is 11.5 Å². The first-order valence-electron chi connectivity index (χ1n) is 14.4. The Bertz CT molecular complexity index is 1900. The van der Waals surface area contributed by atoms with Crippen LogP contribution < -0.4 is 24.4 Å². The molecule has 2 aliphatic rings. The fraction of sp³-hybridized carbons (Fsp3) is 0.235. The summed E-state index contributed by atoms with van der Waals surface area (Å²) in [4.78, 5) is 30.4. The van der Waals surface area contributed by atoms with Gasteiger partial charge < -0.3 is 9.47 Å². The Hall–Kier alpha value is -4.76. The average Bonchev–Trinajstić information content (AvgIpc) is 3.32. The van der Waals surface area contributed by atoms with Gasteiger partial charge in [-0.2, -0.15) is 0 Å². The highest BCUT2D eigenvalue weighted by Gasteiger charge is 2.32. The summed E-state index contributed by atoms with van der Waals surface area (Å²) in [6, 6.07) is 21.9. The van der Waals surface area contributed by atoms with Crippen LogP contribution in [0.15, 0.2) is 99.4 Å². The molecule has 218 valence electrons. The van der Waals surface area contributed by atoms with Gasteiger partial charge in [-0.05, 0) is 109 Å². The zero-order valence-corrected chi connectivity index (χ0v) is 24.8. The number of hydrogen-bond donors (Lipinski definition) is 0. The number of non-ortho nitro benzene ring substituents is 1. The van der Waals surface area contributed by atoms with E-state index in [-0.39, 0.29) is 17.3 Å². The Balaban J connectivity index is 1.49. The molecule has 3 aromatic carbocycles. The van der Waals surface area contributed by atoms with E-state index < -0.39 is 4.92 Å². The van der Waals surface area contributed by atoms with E-state index in [1.54, 1.807) is 22.8 Å². The molecule has 0 saturated carbocycles. The first-order chi connectivity index (χ1) is 20.9. The fourth-order valence-corrected chi connectivity index (χ4v) is 6.64. The Morgan fingerprint density at radius 1 is 0.907 bits per heavy atom. The second-order valence-corrected chi connectivity index (χ2v) is 11.3. The summed E-state index contributed by atoms with van der Waals surface area (Å²) in [5.74, 6) is 1.62. The minimum atomic E-state index is -0.433. The van der Waals surface area contributed by atoms with Gasteiger partial charge in [-0.15, -0.1) is 0 Å². The molecule has 43 heavy (non-hydrogen) atoms. The largest absolute Gasteiger partial charge is 0.494 e. The highest BCUT2D eigenvalue weighted by molar-refractivity contribution is 7.07. The van der Waals surface area contributed by atoms with Crippen molar-refractivity contribution in [1.29, 1.82) is 0 Å². The Labute approximate surface area is 252 Å². The lowest BCUT2D eigenvalue weighted by Crippen LogP contribution is -2.39. The van der Waals surface area contributed by atoms with Crippen LogP contribution in [0.4, 0.5) is 5.69 Å². The molecule has 0 spiro atoms. The smallest absolute Gasteiger partial charge is 0.271 e. The quantitative estimate of drug-likeness (QED) is 0.179. The number of nitro groups is 1. The lowest BCUT2D eigenvalue weighted by atomic mass is 9.84. The predicted octanol–water partition coefficient (Wildman–Crippen LogP) is 6.19. The molecule has 0 unspecified atom stereocenters. The summed E-state index contributed by atoms with van der Waals surface area (Å²) in [5.41, 5.74) is 5.88. The van der Waals surface area contributed by atoms with E-state index in [2.05, 4.69) is 18.2 Å². The SMILES string of the molecule is CCOc1ccc(/C=C2\CCCC3=C2N=c2s/c(=C/c4ccc([N+](=O)[O-])cc4)c(=O)n2[C@@H]3c2ccc(OCC)cc2)cc1. The number of rotatable bonds is 8. The van der Waals surface area contributed by atoms with Gasteiger partial charge in [0, 0.05) is 12.1 Å². The monoisotopic (exact) mass is 593 g/mol. The maximum absolute atomic E-state index is 14.0. The number of allylic oxidation sites excluding steroid dienone is 2. The number of aromatic nitrogens is 1. The molecule has 0 N–H and O–H groups in total. The molecule has 0 bridgehead atoms. The number of benzene rings is 3. The zero-order chi connectivity index (χ0) is 29.9. The van der Waals surface area contributed by atoms with Crippen molar-refractivity contribution in [2.24, 2.45) is 4.99 Å². The third-order valence-electron chi connectivity index (χ3n) is 7.57. The Morgan fingerprint density at radius 2 is 1.51 bits per heavy atom. The molecule has 1 aromatic heterocycles. The van der Waals surface area contributed by atoms with E-state index in [1.165, 1.54) is 23.5 Å². The van der Waals surface area contributed by atoms with Crippen molar-refractivity contribution in [3.63, 3.8) is 0 Å². The molecular formula is C34H31N3O5S. The number of nitrogens with zero attached hydrogens (tertiary/aromatic N) is 3. The number of ether oxygens (including phenoxy) is 2. The first-order valence-corrected chi connectivity index (χ1v) is 15.2. The van der Waals surface area contributed by atoms with Crippen LogP contribution in [0.5, 0.6) is 11.5 Å². The molecule has 4 aromatic rings. The van der Waals surface area contributed by atoms with Gasteiger partial charge in [-0.25, -0.2) is 4.99 Å². The zero-order valence-electron chi connectivity index (χ0n) is 24.0. The van der Waals surface area contributed by atoms with Crippen molar-refractivity contribution >= 4 is 29.2 Å². The van der Waals surface area contributed by atoms with Gasteiger partial charge in [-0.3, -0.25) is 19.5 Å². The summed E-state index contributed by atoms with van der Waals surface area (Å²) in [7, 11) is 0. The third kappa shape index (κ3) is 5.81. The van der Waals surface area contributed by atoms with Crippen LogP contribution in [0.2, 0.25) is 0 Å². The lowest BCUT2D eigenvalue weighted by molar-refractivity contribution is -0.384. The van der Waals surface area contributed by atoms with Crippen LogP contribution in [0, 0.1) is 10.1 Å². The molecule has 0 radical (unpaired) electrons. The van der Waals surface area contributed by atoms with E-state index in [0.717, 1.165) is 58.7 Å². The number of thiazole rings is 1. The van der Waals surface area contributed by atoms with Gasteiger partial charge >= 0.3 is 0 Å². The maximum Gasteiger partial charge on any atom is 0.271 e. The normalized spacial score (nSPS) is 17.3. The van der Waals surface area contributed by atoms with E-state index in [9.17, 15) is 14.9 Å². The van der Waals surface area contributed by atoms with E-state index in [0.29, 0.717) is 28.1 Å². The van der Waals surface area contributed by atoms with Crippen LogP contribution in [-0.4, -0.2) is 22.7 Å². The van der Waals surface area contributed by atoms with Crippen molar-refractivity contribution < 1.29 is 14.4 Å². The highest BCUT2D eigenvalue weighted by Crippen LogP contribution is 2.41. The van der Waals surface area contributed by atoms with Crippen molar-refractivity contribution in [2.45, 2.75) is 39.2 Å². The van der Waals surface area contributed by atoms with E-state index >= 15 is 0 Å². The van der Waals surface area contributed by atoms with Crippen molar-refractivity contribution in [1.82, 2.24) is 4.57 Å². The van der Waals surface area contributed by atoms with Crippen LogP contribution >= 0.6 is 11.3 Å². The topological polar surface area (TPSA) is 96.0 Å². The summed E-state index contributed by atoms with van der Waals surface area (Å²) in [5, 5.41) is 11.1. The Morgan fingerprint density at radius 3 is 2.14 bits per heavy atom. The molecule has 1 aliphatic carbocycles. The molecule has 8 nitrogen and oxygen atoms in total. The molecule has 9 heteroatoms. The number of nitro benzene ring substituents is 1. The molecule has 0 amide bonds. The van der Waals surface area contributed by atoms with E-state index in [4.69, 9.17) is 14.5 Å². The summed E-state index contributed by atoms with van der Waals surface area (Å²) >= 11 is 1.34. The van der Waals surface area contributed by atoms with Crippen LogP contribution in [0.25, 0.3) is 12.2 Å². The molecule has 6 rings (SSSR count). The molecule has 1 aliphatic heterocycles. The fourth-order valence-electron chi connectivity index (χ4n) is 5.64. The van der Waals surface area contributed by atoms with Gasteiger partial charge in [0.05, 0.1) is 34.4 Å². The maximum atomic E-state index is 14.0. The molecule has 2 heterocycles. The molecule has 0 fully saturated rings. The second-order valence-electron chi connectivity index (χ2n) is 10.3. The number of hydrogen-bond acceptors (Lipinski definition) is 7.